The number of hydrogen-bond donors (Lipinski definition) is 0. The van der Waals surface area contributed by atoms with Gasteiger partial charge in [-0.15, -0.1) is 11.6 Å². The fourth-order valence-corrected chi connectivity index (χ4v) is 1.06. The summed E-state index contributed by atoms with van der Waals surface area (Å²) in [5.41, 5.74) is 2.49. The first-order chi connectivity index (χ1) is 4.34. The van der Waals surface area contributed by atoms with Crippen LogP contribution in [0, 0.1) is 6.92 Å². The van der Waals surface area contributed by atoms with E-state index in [1.54, 1.807) is 0 Å². The first-order valence-electron chi connectivity index (χ1n) is 2.95. The van der Waals surface area contributed by atoms with E-state index in [4.69, 9.17) is 11.6 Å². The molecule has 0 N–H and O–H groups in total. The molecule has 0 aromatic heterocycles. The molecule has 0 fully saturated rings. The first-order valence-corrected chi connectivity index (χ1v) is 3.48. The summed E-state index contributed by atoms with van der Waals surface area (Å²) in [7, 11) is 0. The van der Waals surface area contributed by atoms with E-state index in [1.807, 2.05) is 18.2 Å². The van der Waals surface area contributed by atoms with Gasteiger partial charge in [-0.3, -0.25) is 0 Å². The minimum atomic E-state index is 0. The molecule has 0 spiro atoms. The third kappa shape index (κ3) is 2.51. The molecular weight excluding hydrogens is 250 g/mol. The number of halogens is 1. The molecule has 0 aliphatic carbocycles. The monoisotopic (exact) mass is 260 g/mol. The largest absolute Gasteiger partial charge is 0.122 e. The zero-order chi connectivity index (χ0) is 6.69. The van der Waals surface area contributed by atoms with Crippen LogP contribution in [0.3, 0.4) is 0 Å². The average molecular weight is 259 g/mol. The van der Waals surface area contributed by atoms with Crippen molar-refractivity contribution in [3.05, 3.63) is 35.4 Å². The smallest absolute Gasteiger partial charge is 0.0476 e. The quantitative estimate of drug-likeness (QED) is 0.536. The summed E-state index contributed by atoms with van der Waals surface area (Å²) in [6.45, 7) is 2.07. The summed E-state index contributed by atoms with van der Waals surface area (Å²) >= 11 is 5.63. The molecule has 0 atom stereocenters. The molecule has 0 bridgehead atoms. The van der Waals surface area contributed by atoms with E-state index in [9.17, 15) is 0 Å². The van der Waals surface area contributed by atoms with Gasteiger partial charge in [-0.2, -0.15) is 0 Å². The van der Waals surface area contributed by atoms with E-state index >= 15 is 0 Å². The summed E-state index contributed by atoms with van der Waals surface area (Å²) in [4.78, 5) is 0. The minimum absolute atomic E-state index is 0. The molecule has 0 aliphatic rings. The summed E-state index contributed by atoms with van der Waals surface area (Å²) in [5.74, 6) is 0.618. The molecule has 4 radical (unpaired) electrons. The molecule has 1 aromatic rings. The maximum Gasteiger partial charge on any atom is 0.0476 e. The van der Waals surface area contributed by atoms with Gasteiger partial charge < -0.3 is 0 Å². The third-order valence-corrected chi connectivity index (χ3v) is 1.69. The summed E-state index contributed by atoms with van der Waals surface area (Å²) in [6.07, 6.45) is 0. The molecule has 2 heteroatoms. The fourth-order valence-electron chi connectivity index (χ4n) is 0.760. The van der Waals surface area contributed by atoms with E-state index < -0.39 is 0 Å². The standard InChI is InChI=1S/C8H9Cl.Sn/c1-7-4-2-3-5-8(7)6-9;/h2-5H,6H2,1H3;. The van der Waals surface area contributed by atoms with Crippen molar-refractivity contribution in [3.8, 4) is 0 Å². The summed E-state index contributed by atoms with van der Waals surface area (Å²) < 4.78 is 0. The predicted molar refractivity (Wildman–Crippen MR) is 46.5 cm³/mol. The van der Waals surface area contributed by atoms with Crippen molar-refractivity contribution < 1.29 is 0 Å². The zero-order valence-corrected chi connectivity index (χ0v) is 9.50. The van der Waals surface area contributed by atoms with Crippen molar-refractivity contribution in [2.75, 3.05) is 0 Å². The van der Waals surface area contributed by atoms with Gasteiger partial charge in [0.1, 0.15) is 0 Å². The van der Waals surface area contributed by atoms with Crippen LogP contribution in [0.4, 0.5) is 0 Å². The van der Waals surface area contributed by atoms with Gasteiger partial charge in [-0.25, -0.2) is 0 Å². The zero-order valence-electron chi connectivity index (χ0n) is 5.89. The van der Waals surface area contributed by atoms with Crippen molar-refractivity contribution in [1.29, 1.82) is 0 Å². The number of aryl methyl sites for hydroxylation is 1. The van der Waals surface area contributed by atoms with Gasteiger partial charge in [0.2, 0.25) is 0 Å². The molecule has 0 saturated carbocycles. The third-order valence-electron chi connectivity index (χ3n) is 1.41. The topological polar surface area (TPSA) is 0 Å². The Hall–Kier alpha value is 0.309. The van der Waals surface area contributed by atoms with Crippen LogP contribution in [0.15, 0.2) is 24.3 Å². The number of rotatable bonds is 1. The van der Waals surface area contributed by atoms with Crippen LogP contribution in [-0.2, 0) is 5.88 Å². The average Bonchev–Trinajstić information content (AvgIpc) is 1.89. The Morgan fingerprint density at radius 2 is 1.90 bits per heavy atom. The van der Waals surface area contributed by atoms with Crippen LogP contribution in [0.25, 0.3) is 0 Å². The maximum absolute atomic E-state index is 5.63. The Kier molecular flexibility index (Phi) is 5.18. The van der Waals surface area contributed by atoms with Gasteiger partial charge in [-0.05, 0) is 18.1 Å². The Bertz CT molecular complexity index is 198. The van der Waals surface area contributed by atoms with Crippen molar-refractivity contribution in [1.82, 2.24) is 0 Å². The normalized spacial score (nSPS) is 8.60. The number of alkyl halides is 1. The number of hydrogen-bond acceptors (Lipinski definition) is 0. The minimum Gasteiger partial charge on any atom is -0.122 e. The number of benzene rings is 1. The van der Waals surface area contributed by atoms with Crippen LogP contribution >= 0.6 is 11.6 Å². The molecule has 1 rings (SSSR count). The Morgan fingerprint density at radius 3 is 2.30 bits per heavy atom. The molecule has 0 amide bonds. The van der Waals surface area contributed by atoms with E-state index in [-0.39, 0.29) is 23.9 Å². The van der Waals surface area contributed by atoms with Gasteiger partial charge in [0, 0.05) is 29.8 Å². The molecule has 0 unspecified atom stereocenters. The second-order valence-corrected chi connectivity index (χ2v) is 2.33. The van der Waals surface area contributed by atoms with Crippen LogP contribution in [0.2, 0.25) is 0 Å². The van der Waals surface area contributed by atoms with Crippen molar-refractivity contribution >= 4 is 35.5 Å². The van der Waals surface area contributed by atoms with Gasteiger partial charge >= 0.3 is 0 Å². The van der Waals surface area contributed by atoms with Crippen molar-refractivity contribution in [2.45, 2.75) is 12.8 Å². The van der Waals surface area contributed by atoms with Crippen LogP contribution in [0.1, 0.15) is 11.1 Å². The summed E-state index contributed by atoms with van der Waals surface area (Å²) in [5, 5.41) is 0. The van der Waals surface area contributed by atoms with E-state index in [2.05, 4.69) is 13.0 Å². The Labute approximate surface area is 83.5 Å². The molecule has 0 nitrogen and oxygen atoms in total. The summed E-state index contributed by atoms with van der Waals surface area (Å²) in [6, 6.07) is 8.14. The van der Waals surface area contributed by atoms with Crippen molar-refractivity contribution in [2.24, 2.45) is 0 Å². The molecule has 1 aromatic carbocycles. The Balaban J connectivity index is 0.000000810. The van der Waals surface area contributed by atoms with Gasteiger partial charge in [0.05, 0.1) is 0 Å². The first kappa shape index (κ1) is 10.3. The SMILES string of the molecule is Cc1ccccc1CCl.[Sn]. The molecule has 10 heavy (non-hydrogen) atoms. The molecular formula is C8H9ClSn. The van der Waals surface area contributed by atoms with Crippen LogP contribution in [-0.4, -0.2) is 23.9 Å². The maximum atomic E-state index is 5.63. The van der Waals surface area contributed by atoms with Gasteiger partial charge in [0.15, 0.2) is 0 Å². The second-order valence-electron chi connectivity index (χ2n) is 2.06. The van der Waals surface area contributed by atoms with Gasteiger partial charge in [0.25, 0.3) is 0 Å². The van der Waals surface area contributed by atoms with Crippen LogP contribution < -0.4 is 0 Å². The second kappa shape index (κ2) is 5.02. The predicted octanol–water partition coefficient (Wildman–Crippen LogP) is 2.35. The fraction of sp³-hybridized carbons (Fsp3) is 0.250. The van der Waals surface area contributed by atoms with E-state index in [0.717, 1.165) is 0 Å². The molecule has 0 saturated heterocycles. The van der Waals surface area contributed by atoms with Gasteiger partial charge in [-0.1, -0.05) is 24.3 Å². The Morgan fingerprint density at radius 1 is 1.30 bits per heavy atom. The molecule has 0 heterocycles. The van der Waals surface area contributed by atoms with E-state index in [1.165, 1.54) is 11.1 Å². The van der Waals surface area contributed by atoms with Crippen molar-refractivity contribution in [3.63, 3.8) is 0 Å². The van der Waals surface area contributed by atoms with E-state index in [0.29, 0.717) is 5.88 Å². The molecule has 0 aliphatic heterocycles. The van der Waals surface area contributed by atoms with Crippen LogP contribution in [0.5, 0.6) is 0 Å². The molecule has 52 valence electrons.